The molecule has 5 heteroatoms. The van der Waals surface area contributed by atoms with Gasteiger partial charge in [-0.1, -0.05) is 0 Å². The van der Waals surface area contributed by atoms with Gasteiger partial charge in [0.15, 0.2) is 11.5 Å². The first kappa shape index (κ1) is 14.6. The summed E-state index contributed by atoms with van der Waals surface area (Å²) in [6.45, 7) is 2.45. The van der Waals surface area contributed by atoms with Crippen molar-refractivity contribution in [1.29, 1.82) is 0 Å². The van der Waals surface area contributed by atoms with E-state index in [1.807, 2.05) is 0 Å². The molecule has 1 spiro atoms. The van der Waals surface area contributed by atoms with E-state index in [1.165, 1.54) is 17.5 Å². The normalized spacial score (nSPS) is 34.0. The van der Waals surface area contributed by atoms with Gasteiger partial charge in [0.2, 0.25) is 6.79 Å². The molecule has 4 aliphatic rings. The van der Waals surface area contributed by atoms with Gasteiger partial charge in [-0.3, -0.25) is 4.90 Å². The van der Waals surface area contributed by atoms with Gasteiger partial charge in [0, 0.05) is 18.0 Å². The highest BCUT2D eigenvalue weighted by atomic mass is 16.7. The third-order valence-corrected chi connectivity index (χ3v) is 6.27. The lowest BCUT2D eigenvalue weighted by atomic mass is 9.70. The maximum atomic E-state index is 10.6. The Bertz CT molecular complexity index is 716. The van der Waals surface area contributed by atoms with Gasteiger partial charge >= 0.3 is 0 Å². The molecule has 1 aliphatic carbocycles. The van der Waals surface area contributed by atoms with Gasteiger partial charge < -0.3 is 19.3 Å². The van der Waals surface area contributed by atoms with Crippen molar-refractivity contribution in [2.24, 2.45) is 0 Å². The van der Waals surface area contributed by atoms with Crippen molar-refractivity contribution in [3.8, 4) is 11.5 Å². The Kier molecular flexibility index (Phi) is 3.13. The molecular weight excluding hydrogens is 306 g/mol. The van der Waals surface area contributed by atoms with Gasteiger partial charge in [-0.25, -0.2) is 0 Å². The molecule has 24 heavy (non-hydrogen) atoms. The Morgan fingerprint density at radius 3 is 2.92 bits per heavy atom. The summed E-state index contributed by atoms with van der Waals surface area (Å²) in [5.41, 5.74) is 2.61. The first-order valence-electron chi connectivity index (χ1n) is 8.83. The van der Waals surface area contributed by atoms with Gasteiger partial charge in [-0.2, -0.15) is 0 Å². The molecule has 0 radical (unpaired) electrons. The summed E-state index contributed by atoms with van der Waals surface area (Å²) in [5.74, 6) is 2.68. The molecule has 1 saturated heterocycles. The largest absolute Gasteiger partial charge is 0.499 e. The summed E-state index contributed by atoms with van der Waals surface area (Å²) in [4.78, 5) is 2.59. The van der Waals surface area contributed by atoms with Crippen LogP contribution in [-0.4, -0.2) is 48.6 Å². The van der Waals surface area contributed by atoms with Crippen molar-refractivity contribution in [3.63, 3.8) is 0 Å². The highest BCUT2D eigenvalue weighted by molar-refractivity contribution is 5.52. The lowest BCUT2D eigenvalue weighted by molar-refractivity contribution is 0.0576. The summed E-state index contributed by atoms with van der Waals surface area (Å²) >= 11 is 0. The van der Waals surface area contributed by atoms with E-state index in [4.69, 9.17) is 14.2 Å². The minimum atomic E-state index is -0.538. The molecule has 1 aromatic rings. The summed E-state index contributed by atoms with van der Waals surface area (Å²) in [6, 6.07) is 4.31. The molecule has 5 rings (SSSR count). The van der Waals surface area contributed by atoms with Crippen LogP contribution in [0.2, 0.25) is 0 Å². The van der Waals surface area contributed by atoms with Crippen LogP contribution in [0.5, 0.6) is 11.5 Å². The molecule has 5 nitrogen and oxygen atoms in total. The summed E-state index contributed by atoms with van der Waals surface area (Å²) in [5, 5.41) is 10.6. The number of fused-ring (bicyclic) bond motifs is 3. The Hall–Kier alpha value is -1.72. The number of hydrogen-bond acceptors (Lipinski definition) is 5. The standard InChI is InChI=1S/C19H23NO4/c1-22-18-10-19-4-2-5-20(19)6-3-12-7-16-17(24-11-23-16)8-13(12)14(19)9-15(18)21/h7-8,10,14-15,21H,2-6,9,11H2,1H3/t14-,15-,19-/m0/s1. The lowest BCUT2D eigenvalue weighted by Crippen LogP contribution is -2.50. The number of nitrogens with zero attached hydrogens (tertiary/aromatic N) is 1. The molecule has 3 heterocycles. The second-order valence-corrected chi connectivity index (χ2v) is 7.29. The van der Waals surface area contributed by atoms with E-state index < -0.39 is 6.10 Å². The molecule has 0 unspecified atom stereocenters. The fourth-order valence-corrected chi connectivity index (χ4v) is 5.17. The SMILES string of the molecule is COC1=C[C@]23CCCN2CCc2cc4c(cc2[C@@H]3C[C@@H]1O)OCO4. The van der Waals surface area contributed by atoms with Crippen LogP contribution < -0.4 is 9.47 Å². The zero-order valence-electron chi connectivity index (χ0n) is 14.0. The van der Waals surface area contributed by atoms with Crippen molar-refractivity contribution >= 4 is 0 Å². The summed E-state index contributed by atoms with van der Waals surface area (Å²) in [6.07, 6.45) is 5.69. The molecule has 1 fully saturated rings. The zero-order valence-corrected chi connectivity index (χ0v) is 14.0. The van der Waals surface area contributed by atoms with Crippen LogP contribution in [0, 0.1) is 0 Å². The summed E-state index contributed by atoms with van der Waals surface area (Å²) < 4.78 is 16.7. The van der Waals surface area contributed by atoms with Crippen LogP contribution in [0.15, 0.2) is 24.0 Å². The molecular formula is C19H23NO4. The first-order chi connectivity index (χ1) is 11.7. The quantitative estimate of drug-likeness (QED) is 0.856. The lowest BCUT2D eigenvalue weighted by Gasteiger charge is -2.45. The van der Waals surface area contributed by atoms with E-state index in [0.29, 0.717) is 13.2 Å². The highest BCUT2D eigenvalue weighted by Crippen LogP contribution is 2.53. The Morgan fingerprint density at radius 1 is 1.25 bits per heavy atom. The molecule has 0 amide bonds. The number of aliphatic hydroxyl groups is 1. The third-order valence-electron chi connectivity index (χ3n) is 6.27. The van der Waals surface area contributed by atoms with E-state index >= 15 is 0 Å². The van der Waals surface area contributed by atoms with E-state index in [2.05, 4.69) is 23.1 Å². The number of aliphatic hydroxyl groups excluding tert-OH is 1. The van der Waals surface area contributed by atoms with Gasteiger partial charge in [0.25, 0.3) is 0 Å². The smallest absolute Gasteiger partial charge is 0.231 e. The zero-order chi connectivity index (χ0) is 16.3. The Balaban J connectivity index is 1.69. The van der Waals surface area contributed by atoms with Crippen LogP contribution in [0.4, 0.5) is 0 Å². The second kappa shape index (κ2) is 5.14. The third kappa shape index (κ3) is 1.88. The monoisotopic (exact) mass is 329 g/mol. The van der Waals surface area contributed by atoms with Crippen LogP contribution in [0.3, 0.4) is 0 Å². The average Bonchev–Trinajstić information content (AvgIpc) is 3.18. The van der Waals surface area contributed by atoms with Gasteiger partial charge in [0.1, 0.15) is 11.9 Å². The van der Waals surface area contributed by atoms with Crippen LogP contribution in [0.1, 0.15) is 36.3 Å². The van der Waals surface area contributed by atoms with Crippen LogP contribution in [-0.2, 0) is 11.2 Å². The fourth-order valence-electron chi connectivity index (χ4n) is 5.17. The van der Waals surface area contributed by atoms with E-state index in [9.17, 15) is 5.11 Å². The van der Waals surface area contributed by atoms with Crippen molar-refractivity contribution in [2.45, 2.75) is 43.2 Å². The topological polar surface area (TPSA) is 51.2 Å². The van der Waals surface area contributed by atoms with Crippen molar-refractivity contribution in [3.05, 3.63) is 35.1 Å². The minimum absolute atomic E-state index is 0.0382. The summed E-state index contributed by atoms with van der Waals surface area (Å²) in [7, 11) is 1.66. The minimum Gasteiger partial charge on any atom is -0.499 e. The Labute approximate surface area is 141 Å². The van der Waals surface area contributed by atoms with Crippen molar-refractivity contribution < 1.29 is 19.3 Å². The first-order valence-corrected chi connectivity index (χ1v) is 8.83. The van der Waals surface area contributed by atoms with E-state index in [0.717, 1.165) is 43.2 Å². The number of benzene rings is 1. The fraction of sp³-hybridized carbons (Fsp3) is 0.579. The van der Waals surface area contributed by atoms with Gasteiger partial charge in [-0.05, 0) is 61.6 Å². The maximum absolute atomic E-state index is 10.6. The number of rotatable bonds is 1. The molecule has 128 valence electrons. The molecule has 3 aliphatic heterocycles. The van der Waals surface area contributed by atoms with Crippen molar-refractivity contribution in [2.75, 3.05) is 27.0 Å². The van der Waals surface area contributed by atoms with Gasteiger partial charge in [0.05, 0.1) is 7.11 Å². The molecule has 1 N–H and O–H groups in total. The van der Waals surface area contributed by atoms with E-state index in [1.54, 1.807) is 7.11 Å². The molecule has 0 saturated carbocycles. The molecule has 0 bridgehead atoms. The number of ether oxygens (including phenoxy) is 3. The average molecular weight is 329 g/mol. The second-order valence-electron chi connectivity index (χ2n) is 7.29. The predicted octanol–water partition coefficient (Wildman–Crippen LogP) is 2.18. The predicted molar refractivity (Wildman–Crippen MR) is 88.3 cm³/mol. The maximum Gasteiger partial charge on any atom is 0.231 e. The van der Waals surface area contributed by atoms with Crippen LogP contribution in [0.25, 0.3) is 0 Å². The molecule has 1 aromatic carbocycles. The van der Waals surface area contributed by atoms with Crippen molar-refractivity contribution in [1.82, 2.24) is 4.90 Å². The Morgan fingerprint density at radius 2 is 2.08 bits per heavy atom. The van der Waals surface area contributed by atoms with Gasteiger partial charge in [-0.15, -0.1) is 0 Å². The number of hydrogen-bond donors (Lipinski definition) is 1. The molecule has 0 aromatic heterocycles. The van der Waals surface area contributed by atoms with E-state index in [-0.39, 0.29) is 11.5 Å². The van der Waals surface area contributed by atoms with Crippen LogP contribution >= 0.6 is 0 Å². The number of methoxy groups -OCH3 is 1. The molecule has 3 atom stereocenters. The highest BCUT2D eigenvalue weighted by Gasteiger charge is 2.52.